The summed E-state index contributed by atoms with van der Waals surface area (Å²) in [6.07, 6.45) is 1.51. The van der Waals surface area contributed by atoms with Crippen molar-refractivity contribution >= 4 is 23.4 Å². The molecule has 0 aliphatic carbocycles. The van der Waals surface area contributed by atoms with Crippen molar-refractivity contribution in [1.29, 1.82) is 0 Å². The van der Waals surface area contributed by atoms with Crippen molar-refractivity contribution < 1.29 is 4.79 Å². The van der Waals surface area contributed by atoms with Gasteiger partial charge in [-0.1, -0.05) is 6.07 Å². The Kier molecular flexibility index (Phi) is 4.60. The second-order valence-electron chi connectivity index (χ2n) is 4.34. The van der Waals surface area contributed by atoms with Gasteiger partial charge >= 0.3 is 0 Å². The first-order valence-corrected chi connectivity index (χ1v) is 7.03. The van der Waals surface area contributed by atoms with E-state index in [4.69, 9.17) is 11.6 Å². The standard InChI is InChI=1S/C14H16N4OS/c1-9-2-5-13(12(15)6-9)20-8-11-4-3-10(7-17-11)14(19)18-16/h2-7H,8,15-16H2,1H3,(H,18,19). The van der Waals surface area contributed by atoms with E-state index in [0.29, 0.717) is 11.3 Å². The number of nitrogens with two attached hydrogens (primary N) is 2. The molecule has 5 N–H and O–H groups in total. The third-order valence-corrected chi connectivity index (χ3v) is 3.88. The molecule has 1 heterocycles. The minimum absolute atomic E-state index is 0.348. The first kappa shape index (κ1) is 14.4. The molecule has 1 amide bonds. The van der Waals surface area contributed by atoms with E-state index in [1.807, 2.05) is 31.2 Å². The molecule has 0 atom stereocenters. The van der Waals surface area contributed by atoms with Crippen molar-refractivity contribution in [2.45, 2.75) is 17.6 Å². The predicted molar refractivity (Wildman–Crippen MR) is 81.0 cm³/mol. The lowest BCUT2D eigenvalue weighted by atomic mass is 10.2. The summed E-state index contributed by atoms with van der Waals surface area (Å²) >= 11 is 1.62. The number of benzene rings is 1. The summed E-state index contributed by atoms with van der Waals surface area (Å²) in [5.74, 6) is 5.40. The van der Waals surface area contributed by atoms with Gasteiger partial charge in [0.1, 0.15) is 0 Å². The lowest BCUT2D eigenvalue weighted by molar-refractivity contribution is 0.0953. The zero-order valence-electron chi connectivity index (χ0n) is 11.1. The van der Waals surface area contributed by atoms with Crippen LogP contribution in [0.15, 0.2) is 41.4 Å². The highest BCUT2D eigenvalue weighted by atomic mass is 32.2. The number of rotatable bonds is 4. The van der Waals surface area contributed by atoms with Gasteiger partial charge in [0, 0.05) is 22.5 Å². The van der Waals surface area contributed by atoms with Crippen LogP contribution in [0.2, 0.25) is 0 Å². The highest BCUT2D eigenvalue weighted by molar-refractivity contribution is 7.98. The SMILES string of the molecule is Cc1ccc(SCc2ccc(C(=O)NN)cn2)c(N)c1. The maximum Gasteiger partial charge on any atom is 0.266 e. The largest absolute Gasteiger partial charge is 0.398 e. The third-order valence-electron chi connectivity index (χ3n) is 2.76. The Bertz CT molecular complexity index is 613. The van der Waals surface area contributed by atoms with Gasteiger partial charge in [-0.25, -0.2) is 5.84 Å². The van der Waals surface area contributed by atoms with E-state index >= 15 is 0 Å². The van der Waals surface area contributed by atoms with Crippen molar-refractivity contribution in [3.63, 3.8) is 0 Å². The average molecular weight is 288 g/mol. The second kappa shape index (κ2) is 6.40. The van der Waals surface area contributed by atoms with Crippen LogP contribution >= 0.6 is 11.8 Å². The summed E-state index contributed by atoms with van der Waals surface area (Å²) in [6, 6.07) is 9.49. The summed E-state index contributed by atoms with van der Waals surface area (Å²) in [5.41, 5.74) is 11.3. The number of anilines is 1. The van der Waals surface area contributed by atoms with Gasteiger partial charge < -0.3 is 5.73 Å². The van der Waals surface area contributed by atoms with E-state index in [2.05, 4.69) is 10.4 Å². The zero-order valence-corrected chi connectivity index (χ0v) is 11.9. The summed E-state index contributed by atoms with van der Waals surface area (Å²) < 4.78 is 0. The Morgan fingerprint density at radius 3 is 2.75 bits per heavy atom. The lowest BCUT2D eigenvalue weighted by Crippen LogP contribution is -2.30. The monoisotopic (exact) mass is 288 g/mol. The fraction of sp³-hybridized carbons (Fsp3) is 0.143. The Morgan fingerprint density at radius 2 is 2.15 bits per heavy atom. The smallest absolute Gasteiger partial charge is 0.266 e. The lowest BCUT2D eigenvalue weighted by Gasteiger charge is -2.06. The van der Waals surface area contributed by atoms with E-state index in [0.717, 1.165) is 21.8 Å². The molecule has 0 saturated carbocycles. The summed E-state index contributed by atoms with van der Waals surface area (Å²) in [4.78, 5) is 16.5. The third kappa shape index (κ3) is 3.49. The maximum absolute atomic E-state index is 11.3. The van der Waals surface area contributed by atoms with Crippen LogP contribution in [0.25, 0.3) is 0 Å². The Morgan fingerprint density at radius 1 is 1.35 bits per heavy atom. The zero-order chi connectivity index (χ0) is 14.5. The number of hydrazine groups is 1. The molecule has 1 aromatic carbocycles. The molecule has 2 rings (SSSR count). The minimum Gasteiger partial charge on any atom is -0.398 e. The molecule has 6 heteroatoms. The van der Waals surface area contributed by atoms with Crippen molar-refractivity contribution in [1.82, 2.24) is 10.4 Å². The van der Waals surface area contributed by atoms with Gasteiger partial charge in [-0.2, -0.15) is 0 Å². The quantitative estimate of drug-likeness (QED) is 0.262. The van der Waals surface area contributed by atoms with Crippen LogP contribution in [-0.4, -0.2) is 10.9 Å². The molecule has 0 radical (unpaired) electrons. The fourth-order valence-electron chi connectivity index (χ4n) is 1.68. The first-order valence-electron chi connectivity index (χ1n) is 6.05. The molecule has 1 aromatic heterocycles. The van der Waals surface area contributed by atoms with Crippen LogP contribution in [0, 0.1) is 6.92 Å². The number of amides is 1. The van der Waals surface area contributed by atoms with Crippen molar-refractivity contribution in [2.24, 2.45) is 5.84 Å². The van der Waals surface area contributed by atoms with Crippen molar-refractivity contribution in [3.05, 3.63) is 53.3 Å². The van der Waals surface area contributed by atoms with Gasteiger partial charge in [-0.3, -0.25) is 15.2 Å². The summed E-state index contributed by atoms with van der Waals surface area (Å²) in [7, 11) is 0. The summed E-state index contributed by atoms with van der Waals surface area (Å²) in [5, 5.41) is 0. The molecule has 0 saturated heterocycles. The van der Waals surface area contributed by atoms with Gasteiger partial charge in [0.25, 0.3) is 5.91 Å². The van der Waals surface area contributed by atoms with E-state index in [1.54, 1.807) is 17.8 Å². The number of carbonyl (C=O) groups is 1. The Balaban J connectivity index is 2.02. The van der Waals surface area contributed by atoms with Crippen molar-refractivity contribution in [2.75, 3.05) is 5.73 Å². The molecule has 5 nitrogen and oxygen atoms in total. The van der Waals surface area contributed by atoms with Crippen LogP contribution in [0.3, 0.4) is 0 Å². The van der Waals surface area contributed by atoms with Crippen molar-refractivity contribution in [3.8, 4) is 0 Å². The number of nitrogens with one attached hydrogen (secondary N) is 1. The maximum atomic E-state index is 11.3. The molecule has 0 aliphatic rings. The predicted octanol–water partition coefficient (Wildman–Crippen LogP) is 1.87. The van der Waals surface area contributed by atoms with E-state index in [-0.39, 0.29) is 5.91 Å². The first-order chi connectivity index (χ1) is 9.60. The minimum atomic E-state index is -0.348. The molecule has 2 aromatic rings. The fourth-order valence-corrected chi connectivity index (χ4v) is 2.54. The number of pyridine rings is 1. The highest BCUT2D eigenvalue weighted by Crippen LogP contribution is 2.28. The van der Waals surface area contributed by atoms with Gasteiger partial charge in [0.2, 0.25) is 0 Å². The number of hydrogen-bond donors (Lipinski definition) is 3. The number of nitrogens with zero attached hydrogens (tertiary/aromatic N) is 1. The number of thioether (sulfide) groups is 1. The number of carbonyl (C=O) groups excluding carboxylic acids is 1. The number of aromatic nitrogens is 1. The number of nitrogen functional groups attached to an aromatic ring is 2. The van der Waals surface area contributed by atoms with Gasteiger partial charge in [-0.05, 0) is 36.8 Å². The molecule has 0 spiro atoms. The normalized spacial score (nSPS) is 10.3. The van der Waals surface area contributed by atoms with Gasteiger partial charge in [0.15, 0.2) is 0 Å². The van der Waals surface area contributed by atoms with E-state index in [9.17, 15) is 4.79 Å². The molecule has 20 heavy (non-hydrogen) atoms. The molecule has 0 bridgehead atoms. The van der Waals surface area contributed by atoms with Crippen LogP contribution in [-0.2, 0) is 5.75 Å². The highest BCUT2D eigenvalue weighted by Gasteiger charge is 2.05. The van der Waals surface area contributed by atoms with Crippen LogP contribution in [0.4, 0.5) is 5.69 Å². The molecular formula is C14H16N4OS. The second-order valence-corrected chi connectivity index (χ2v) is 5.36. The van der Waals surface area contributed by atoms with Crippen LogP contribution in [0.5, 0.6) is 0 Å². The van der Waals surface area contributed by atoms with Crippen LogP contribution in [0.1, 0.15) is 21.6 Å². The number of aryl methyl sites for hydroxylation is 1. The molecule has 0 aliphatic heterocycles. The van der Waals surface area contributed by atoms with Gasteiger partial charge in [0.05, 0.1) is 11.3 Å². The van der Waals surface area contributed by atoms with E-state index < -0.39 is 0 Å². The molecule has 0 unspecified atom stereocenters. The van der Waals surface area contributed by atoms with Crippen LogP contribution < -0.4 is 17.0 Å². The Hall–Kier alpha value is -2.05. The van der Waals surface area contributed by atoms with E-state index in [1.165, 1.54) is 6.20 Å². The molecule has 0 fully saturated rings. The topological polar surface area (TPSA) is 94.0 Å². The van der Waals surface area contributed by atoms with Gasteiger partial charge in [-0.15, -0.1) is 11.8 Å². The average Bonchev–Trinajstić information content (AvgIpc) is 2.46. The number of hydrogen-bond acceptors (Lipinski definition) is 5. The molecule has 104 valence electrons. The molecular weight excluding hydrogens is 272 g/mol. The Labute approximate surface area is 121 Å². The summed E-state index contributed by atoms with van der Waals surface area (Å²) in [6.45, 7) is 2.01.